The van der Waals surface area contributed by atoms with Gasteiger partial charge in [0.2, 0.25) is 0 Å². The number of para-hydroxylation sites is 1. The van der Waals surface area contributed by atoms with Crippen LogP contribution in [0.4, 0.5) is 17.1 Å². The van der Waals surface area contributed by atoms with Gasteiger partial charge in [0, 0.05) is 33.2 Å². The molecular formula is C63H45NO. The highest BCUT2D eigenvalue weighted by Crippen LogP contribution is 2.52. The van der Waals surface area contributed by atoms with Crippen molar-refractivity contribution in [3.8, 4) is 66.8 Å². The molecule has 12 rings (SSSR count). The van der Waals surface area contributed by atoms with E-state index in [0.717, 1.165) is 44.6 Å². The molecule has 1 heterocycles. The van der Waals surface area contributed by atoms with Gasteiger partial charge in [0.1, 0.15) is 11.2 Å². The Kier molecular flexibility index (Phi) is 9.21. The molecule has 2 heteroatoms. The summed E-state index contributed by atoms with van der Waals surface area (Å²) in [6, 6.07) is 85.9. The van der Waals surface area contributed by atoms with Crippen LogP contribution in [-0.2, 0) is 5.41 Å². The second kappa shape index (κ2) is 15.6. The summed E-state index contributed by atoms with van der Waals surface area (Å²) >= 11 is 0. The Morgan fingerprint density at radius 3 is 1.32 bits per heavy atom. The van der Waals surface area contributed by atoms with Gasteiger partial charge in [-0.15, -0.1) is 0 Å². The molecule has 0 fully saturated rings. The van der Waals surface area contributed by atoms with Crippen LogP contribution in [0.1, 0.15) is 25.0 Å². The van der Waals surface area contributed by atoms with Crippen molar-refractivity contribution >= 4 is 39.0 Å². The zero-order valence-corrected chi connectivity index (χ0v) is 36.4. The lowest BCUT2D eigenvalue weighted by Gasteiger charge is -2.28. The molecule has 2 nitrogen and oxygen atoms in total. The first-order chi connectivity index (χ1) is 31.9. The van der Waals surface area contributed by atoms with Crippen LogP contribution in [0.15, 0.2) is 241 Å². The van der Waals surface area contributed by atoms with Crippen molar-refractivity contribution in [1.82, 2.24) is 0 Å². The molecule has 11 aromatic rings. The first-order valence-corrected chi connectivity index (χ1v) is 22.5. The molecular weight excluding hydrogens is 787 g/mol. The maximum atomic E-state index is 6.30. The number of nitrogens with zero attached hydrogens (tertiary/aromatic N) is 1. The van der Waals surface area contributed by atoms with E-state index in [2.05, 4.69) is 243 Å². The van der Waals surface area contributed by atoms with Crippen molar-refractivity contribution in [3.63, 3.8) is 0 Å². The van der Waals surface area contributed by atoms with Crippen LogP contribution < -0.4 is 4.90 Å². The summed E-state index contributed by atoms with van der Waals surface area (Å²) in [7, 11) is 0. The summed E-state index contributed by atoms with van der Waals surface area (Å²) in [6.45, 7) is 4.74. The fourth-order valence-corrected chi connectivity index (χ4v) is 10.00. The van der Waals surface area contributed by atoms with Gasteiger partial charge in [-0.05, 0) is 145 Å². The smallest absolute Gasteiger partial charge is 0.136 e. The summed E-state index contributed by atoms with van der Waals surface area (Å²) in [5.74, 6) is 0. The second-order valence-corrected chi connectivity index (χ2v) is 17.7. The third-order valence-corrected chi connectivity index (χ3v) is 13.5. The van der Waals surface area contributed by atoms with Gasteiger partial charge < -0.3 is 9.32 Å². The summed E-state index contributed by atoms with van der Waals surface area (Å²) < 4.78 is 6.30. The van der Waals surface area contributed by atoms with E-state index in [1.807, 2.05) is 12.1 Å². The zero-order valence-electron chi connectivity index (χ0n) is 36.4. The largest absolute Gasteiger partial charge is 0.456 e. The quantitative estimate of drug-likeness (QED) is 0.152. The topological polar surface area (TPSA) is 16.4 Å². The van der Waals surface area contributed by atoms with Crippen LogP contribution >= 0.6 is 0 Å². The molecule has 0 bridgehead atoms. The highest BCUT2D eigenvalue weighted by molar-refractivity contribution is 6.06. The number of hydrogen-bond acceptors (Lipinski definition) is 2. The molecule has 1 aliphatic rings. The number of benzene rings is 10. The van der Waals surface area contributed by atoms with Gasteiger partial charge >= 0.3 is 0 Å². The normalized spacial score (nSPS) is 12.6. The molecule has 0 unspecified atom stereocenters. The van der Waals surface area contributed by atoms with E-state index in [4.69, 9.17) is 4.42 Å². The van der Waals surface area contributed by atoms with E-state index < -0.39 is 0 Å². The summed E-state index contributed by atoms with van der Waals surface area (Å²) in [5.41, 5.74) is 22.2. The molecule has 0 atom stereocenters. The average molecular weight is 832 g/mol. The molecule has 0 saturated carbocycles. The monoisotopic (exact) mass is 831 g/mol. The average Bonchev–Trinajstić information content (AvgIpc) is 3.85. The molecule has 1 aromatic heterocycles. The van der Waals surface area contributed by atoms with Gasteiger partial charge in [0.15, 0.2) is 0 Å². The van der Waals surface area contributed by atoms with Gasteiger partial charge in [-0.3, -0.25) is 0 Å². The Balaban J connectivity index is 0.907. The first kappa shape index (κ1) is 38.5. The summed E-state index contributed by atoms with van der Waals surface area (Å²) in [6.07, 6.45) is 0. The lowest BCUT2D eigenvalue weighted by Crippen LogP contribution is -2.16. The van der Waals surface area contributed by atoms with Crippen molar-refractivity contribution in [2.75, 3.05) is 4.90 Å². The van der Waals surface area contributed by atoms with Crippen molar-refractivity contribution in [2.45, 2.75) is 19.3 Å². The SMILES string of the molecule is CC1(C)c2cc(-c3ccc4c(c3)oc3ccccc34)ccc2-c2ccc(N(c3ccc(-c4ccc(-c5ccccc5)cc4)cc3)c3ccc(-c4cccc(-c5ccccc5)c4)cc3)cc21. The number of furan rings is 1. The van der Waals surface area contributed by atoms with Crippen LogP contribution in [-0.4, -0.2) is 0 Å². The summed E-state index contributed by atoms with van der Waals surface area (Å²) in [5, 5.41) is 2.30. The van der Waals surface area contributed by atoms with E-state index in [-0.39, 0.29) is 5.41 Å². The van der Waals surface area contributed by atoms with Gasteiger partial charge in [-0.2, -0.15) is 0 Å². The van der Waals surface area contributed by atoms with E-state index in [1.165, 1.54) is 72.3 Å². The third kappa shape index (κ3) is 6.83. The Bertz CT molecular complexity index is 3530. The molecule has 0 radical (unpaired) electrons. The van der Waals surface area contributed by atoms with E-state index in [9.17, 15) is 0 Å². The minimum Gasteiger partial charge on any atom is -0.456 e. The minimum absolute atomic E-state index is 0.227. The van der Waals surface area contributed by atoms with Crippen LogP contribution in [0, 0.1) is 0 Å². The van der Waals surface area contributed by atoms with E-state index in [1.54, 1.807) is 0 Å². The fourth-order valence-electron chi connectivity index (χ4n) is 10.00. The van der Waals surface area contributed by atoms with E-state index >= 15 is 0 Å². The van der Waals surface area contributed by atoms with Crippen molar-refractivity contribution < 1.29 is 4.42 Å². The Morgan fingerprint density at radius 1 is 0.292 bits per heavy atom. The first-order valence-electron chi connectivity index (χ1n) is 22.5. The third-order valence-electron chi connectivity index (χ3n) is 13.5. The maximum absolute atomic E-state index is 6.30. The predicted molar refractivity (Wildman–Crippen MR) is 273 cm³/mol. The van der Waals surface area contributed by atoms with Gasteiger partial charge in [-0.25, -0.2) is 0 Å². The molecule has 65 heavy (non-hydrogen) atoms. The Morgan fingerprint density at radius 2 is 0.692 bits per heavy atom. The molecule has 0 aliphatic heterocycles. The van der Waals surface area contributed by atoms with Crippen LogP contribution in [0.25, 0.3) is 88.7 Å². The second-order valence-electron chi connectivity index (χ2n) is 17.7. The van der Waals surface area contributed by atoms with Crippen LogP contribution in [0.5, 0.6) is 0 Å². The van der Waals surface area contributed by atoms with Crippen molar-refractivity contribution in [3.05, 3.63) is 248 Å². The molecule has 308 valence electrons. The van der Waals surface area contributed by atoms with Crippen LogP contribution in [0.3, 0.4) is 0 Å². The molecule has 0 saturated heterocycles. The lowest BCUT2D eigenvalue weighted by molar-refractivity contribution is 0.660. The van der Waals surface area contributed by atoms with E-state index in [0.29, 0.717) is 0 Å². The molecule has 10 aromatic carbocycles. The summed E-state index contributed by atoms with van der Waals surface area (Å²) in [4.78, 5) is 2.40. The van der Waals surface area contributed by atoms with Crippen LogP contribution in [0.2, 0.25) is 0 Å². The fraction of sp³-hybridized carbons (Fsp3) is 0.0476. The van der Waals surface area contributed by atoms with Crippen molar-refractivity contribution in [2.24, 2.45) is 0 Å². The lowest BCUT2D eigenvalue weighted by atomic mass is 9.81. The number of hydrogen-bond donors (Lipinski definition) is 0. The van der Waals surface area contributed by atoms with Crippen molar-refractivity contribution in [1.29, 1.82) is 0 Å². The zero-order chi connectivity index (χ0) is 43.5. The standard InChI is InChI=1S/C63H45NO/c1-63(2)59-39-50(51-29-36-58-57-18-9-10-19-61(57)65-62(58)40-51)28-35-55(59)56-37-34-54(41-60(56)63)64(52-30-24-46(25-31-52)45-22-20-44(21-23-45)42-12-5-3-6-13-42)53-32-26-47(27-33-53)49-17-11-16-48(38-49)43-14-7-4-8-15-43/h3-41H,1-2H3. The predicted octanol–water partition coefficient (Wildman–Crippen LogP) is 17.7. The Hall–Kier alpha value is -8.20. The van der Waals surface area contributed by atoms with Gasteiger partial charge in [0.25, 0.3) is 0 Å². The number of rotatable bonds is 8. The maximum Gasteiger partial charge on any atom is 0.136 e. The Labute approximate surface area is 380 Å². The number of anilines is 3. The highest BCUT2D eigenvalue weighted by atomic mass is 16.3. The molecule has 0 amide bonds. The van der Waals surface area contributed by atoms with Gasteiger partial charge in [0.05, 0.1) is 0 Å². The highest BCUT2D eigenvalue weighted by Gasteiger charge is 2.36. The molecule has 0 spiro atoms. The minimum atomic E-state index is -0.227. The van der Waals surface area contributed by atoms with Gasteiger partial charge in [-0.1, -0.05) is 184 Å². The molecule has 1 aliphatic carbocycles. The number of fused-ring (bicyclic) bond motifs is 6. The molecule has 0 N–H and O–H groups in total.